The summed E-state index contributed by atoms with van der Waals surface area (Å²) in [5.74, 6) is 0.864. The molecule has 0 aliphatic carbocycles. The van der Waals surface area contributed by atoms with Crippen molar-refractivity contribution in [1.82, 2.24) is 0 Å². The Morgan fingerprint density at radius 3 is 2.40 bits per heavy atom. The second-order valence-corrected chi connectivity index (χ2v) is 6.08. The van der Waals surface area contributed by atoms with E-state index >= 15 is 0 Å². The van der Waals surface area contributed by atoms with Crippen molar-refractivity contribution in [3.8, 4) is 5.75 Å². The fraction of sp³-hybridized carbons (Fsp3) is 0.571. The summed E-state index contributed by atoms with van der Waals surface area (Å²) in [5.41, 5.74) is 0.770. The third-order valence-corrected chi connectivity index (χ3v) is 3.28. The quantitative estimate of drug-likeness (QED) is 0.300. The molecule has 20 heavy (non-hydrogen) atoms. The predicted octanol–water partition coefficient (Wildman–Crippen LogP) is 0.289. The van der Waals surface area contributed by atoms with Gasteiger partial charge in [0.15, 0.2) is 0 Å². The van der Waals surface area contributed by atoms with Crippen LogP contribution in [0.15, 0.2) is 24.3 Å². The van der Waals surface area contributed by atoms with E-state index in [9.17, 15) is 13.0 Å². The third kappa shape index (κ3) is 8.97. The summed E-state index contributed by atoms with van der Waals surface area (Å²) >= 11 is 0. The first kappa shape index (κ1) is 19.9. The van der Waals surface area contributed by atoms with E-state index in [0.29, 0.717) is 5.92 Å². The van der Waals surface area contributed by atoms with Gasteiger partial charge >= 0.3 is 29.6 Å². The van der Waals surface area contributed by atoms with E-state index in [1.54, 1.807) is 12.1 Å². The zero-order chi connectivity index (χ0) is 14.3. The van der Waals surface area contributed by atoms with E-state index in [1.807, 2.05) is 6.07 Å². The van der Waals surface area contributed by atoms with Crippen LogP contribution in [0.3, 0.4) is 0 Å². The van der Waals surface area contributed by atoms with Crippen LogP contribution in [0, 0.1) is 5.92 Å². The molecule has 0 atom stereocenters. The van der Waals surface area contributed by atoms with Crippen molar-refractivity contribution in [2.24, 2.45) is 5.92 Å². The van der Waals surface area contributed by atoms with Crippen LogP contribution in [0.5, 0.6) is 5.75 Å². The van der Waals surface area contributed by atoms with Gasteiger partial charge in [0.05, 0.1) is 0 Å². The topological polar surface area (TPSA) is 66.4 Å². The second kappa shape index (κ2) is 9.79. The van der Waals surface area contributed by atoms with Crippen molar-refractivity contribution in [3.05, 3.63) is 29.8 Å². The number of hydrogen-bond donors (Lipinski definition) is 0. The molecule has 0 aliphatic rings. The molecule has 0 saturated heterocycles. The molecule has 0 N–H and O–H groups in total. The maximum Gasteiger partial charge on any atom is 1.00 e. The molecule has 0 aromatic heterocycles. The summed E-state index contributed by atoms with van der Waals surface area (Å²) in [6, 6.07) is 6.78. The fourth-order valence-electron chi connectivity index (χ4n) is 1.95. The Hall–Kier alpha value is -0.0700. The first-order valence-corrected chi connectivity index (χ1v) is 7.95. The standard InChI is InChI=1S/C14H22O4S.Na/c1-12(2)8-4-3-5-9-13-10-6-7-11-14(13)18-19(15,16)17;/h6-7,10-12H,3-5,8-9H2,1-2H3,(H,15,16,17);/q;+1/p-1. The van der Waals surface area contributed by atoms with Crippen LogP contribution in [-0.4, -0.2) is 13.0 Å². The molecule has 1 rings (SSSR count). The molecule has 0 aliphatic heterocycles. The molecule has 108 valence electrons. The number of unbranched alkanes of at least 4 members (excludes halogenated alkanes) is 2. The van der Waals surface area contributed by atoms with Gasteiger partial charge in [-0.1, -0.05) is 51.3 Å². The number of rotatable bonds is 8. The molecule has 6 heteroatoms. The number of benzene rings is 1. The second-order valence-electron chi connectivity index (χ2n) is 5.09. The molecule has 0 heterocycles. The normalized spacial score (nSPS) is 11.2. The molecule has 0 unspecified atom stereocenters. The molecule has 1 aromatic carbocycles. The summed E-state index contributed by atoms with van der Waals surface area (Å²) < 4.78 is 36.3. The minimum atomic E-state index is -4.70. The minimum Gasteiger partial charge on any atom is -0.716 e. The molecule has 0 radical (unpaired) electrons. The Bertz CT molecular complexity index is 486. The van der Waals surface area contributed by atoms with Crippen molar-refractivity contribution in [3.63, 3.8) is 0 Å². The third-order valence-electron chi connectivity index (χ3n) is 2.89. The fourth-order valence-corrected chi connectivity index (χ4v) is 2.33. The van der Waals surface area contributed by atoms with E-state index in [-0.39, 0.29) is 35.3 Å². The number of para-hydroxylation sites is 1. The molecule has 0 amide bonds. The monoisotopic (exact) mass is 308 g/mol. The Labute approximate surface area is 144 Å². The van der Waals surface area contributed by atoms with E-state index in [0.717, 1.165) is 24.8 Å². The molecule has 0 saturated carbocycles. The summed E-state index contributed by atoms with van der Waals surface area (Å²) in [6.07, 6.45) is 5.15. The van der Waals surface area contributed by atoms with Gasteiger partial charge in [0.2, 0.25) is 0 Å². The van der Waals surface area contributed by atoms with Crippen molar-refractivity contribution < 1.29 is 46.7 Å². The molecular weight excluding hydrogens is 287 g/mol. The smallest absolute Gasteiger partial charge is 0.716 e. The predicted molar refractivity (Wildman–Crippen MR) is 73.8 cm³/mol. The Balaban J connectivity index is 0.00000361. The van der Waals surface area contributed by atoms with Gasteiger partial charge in [-0.3, -0.25) is 0 Å². The summed E-state index contributed by atoms with van der Waals surface area (Å²) in [4.78, 5) is 0. The maximum absolute atomic E-state index is 10.6. The van der Waals surface area contributed by atoms with Crippen LogP contribution in [-0.2, 0) is 16.8 Å². The van der Waals surface area contributed by atoms with Gasteiger partial charge in [-0.2, -0.15) is 0 Å². The SMILES string of the molecule is CC(C)CCCCCc1ccccc1OS(=O)(=O)[O-].[Na+]. The molecular formula is C14H21NaO4S. The van der Waals surface area contributed by atoms with Gasteiger partial charge in [-0.15, -0.1) is 0 Å². The van der Waals surface area contributed by atoms with Crippen LogP contribution < -0.4 is 33.7 Å². The van der Waals surface area contributed by atoms with Crippen molar-refractivity contribution in [2.45, 2.75) is 46.0 Å². The molecule has 4 nitrogen and oxygen atoms in total. The van der Waals surface area contributed by atoms with E-state index < -0.39 is 10.4 Å². The van der Waals surface area contributed by atoms with Crippen molar-refractivity contribution >= 4 is 10.4 Å². The van der Waals surface area contributed by atoms with Crippen LogP contribution in [0.25, 0.3) is 0 Å². The summed E-state index contributed by atoms with van der Waals surface area (Å²) in [5, 5.41) is 0. The minimum absolute atomic E-state index is 0. The van der Waals surface area contributed by atoms with Gasteiger partial charge in [-0.25, -0.2) is 8.42 Å². The Kier molecular flexibility index (Phi) is 9.76. The van der Waals surface area contributed by atoms with E-state index in [2.05, 4.69) is 18.0 Å². The van der Waals surface area contributed by atoms with Crippen LogP contribution in [0.1, 0.15) is 45.1 Å². The zero-order valence-corrected chi connectivity index (χ0v) is 15.3. The Morgan fingerprint density at radius 2 is 1.80 bits per heavy atom. The van der Waals surface area contributed by atoms with Gasteiger partial charge in [0.25, 0.3) is 10.4 Å². The molecule has 0 fully saturated rings. The van der Waals surface area contributed by atoms with Crippen molar-refractivity contribution in [1.29, 1.82) is 0 Å². The average Bonchev–Trinajstić information content (AvgIpc) is 2.28. The van der Waals surface area contributed by atoms with E-state index in [4.69, 9.17) is 0 Å². The molecule has 1 aromatic rings. The maximum atomic E-state index is 10.6. The van der Waals surface area contributed by atoms with E-state index in [1.165, 1.54) is 18.9 Å². The molecule has 0 bridgehead atoms. The van der Waals surface area contributed by atoms with Gasteiger partial charge in [0.1, 0.15) is 5.75 Å². The zero-order valence-electron chi connectivity index (χ0n) is 12.5. The molecule has 0 spiro atoms. The van der Waals surface area contributed by atoms with Crippen molar-refractivity contribution in [2.75, 3.05) is 0 Å². The van der Waals surface area contributed by atoms with Crippen LogP contribution in [0.2, 0.25) is 0 Å². The van der Waals surface area contributed by atoms with Gasteiger partial charge < -0.3 is 8.74 Å². The summed E-state index contributed by atoms with van der Waals surface area (Å²) in [6.45, 7) is 4.39. The van der Waals surface area contributed by atoms with Gasteiger partial charge in [-0.05, 0) is 30.4 Å². The van der Waals surface area contributed by atoms with Gasteiger partial charge in [0, 0.05) is 0 Å². The Morgan fingerprint density at radius 1 is 1.15 bits per heavy atom. The first-order valence-electron chi connectivity index (χ1n) is 6.61. The largest absolute Gasteiger partial charge is 1.00 e. The summed E-state index contributed by atoms with van der Waals surface area (Å²) in [7, 11) is -4.70. The first-order chi connectivity index (χ1) is 8.88. The number of hydrogen-bond acceptors (Lipinski definition) is 4. The number of aryl methyl sites for hydroxylation is 1. The van der Waals surface area contributed by atoms with Crippen LogP contribution in [0.4, 0.5) is 0 Å². The van der Waals surface area contributed by atoms with Crippen LogP contribution >= 0.6 is 0 Å². The average molecular weight is 308 g/mol.